The van der Waals surface area contributed by atoms with E-state index in [1.165, 1.54) is 22.5 Å². The molecule has 4 aliphatic rings. The molecule has 4 heterocycles. The van der Waals surface area contributed by atoms with Crippen molar-refractivity contribution in [3.63, 3.8) is 0 Å². The lowest BCUT2D eigenvalue weighted by molar-refractivity contribution is 0.259. The lowest BCUT2D eigenvalue weighted by Gasteiger charge is -2.47. The van der Waals surface area contributed by atoms with Crippen molar-refractivity contribution in [3.05, 3.63) is 77.6 Å². The molecule has 0 N–H and O–H groups in total. The molecule has 2 aromatic carbocycles. The van der Waals surface area contributed by atoms with E-state index in [1.807, 2.05) is 24.3 Å². The second-order valence-electron chi connectivity index (χ2n) is 14.0. The Kier molecular flexibility index (Phi) is 5.41. The number of anilines is 2. The van der Waals surface area contributed by atoms with Gasteiger partial charge in [-0.1, -0.05) is 13.5 Å². The predicted molar refractivity (Wildman–Crippen MR) is 175 cm³/mol. The average Bonchev–Trinajstić information content (AvgIpc) is 3.70. The zero-order valence-electron chi connectivity index (χ0n) is 27.1. The summed E-state index contributed by atoms with van der Waals surface area (Å²) in [5, 5.41) is 10.4. The maximum absolute atomic E-state index is 5.47. The van der Waals surface area contributed by atoms with E-state index in [4.69, 9.17) is 26.3 Å². The average molecular weight is 591 g/mol. The molecule has 4 bridgehead atoms. The second-order valence-corrected chi connectivity index (χ2v) is 14.0. The molecule has 228 valence electrons. The maximum atomic E-state index is 5.47. The third-order valence-corrected chi connectivity index (χ3v) is 12.1. The summed E-state index contributed by atoms with van der Waals surface area (Å²) < 4.78 is 15.2. The number of ether oxygens (including phenoxy) is 2. The number of nitrogens with zero attached hydrogens (tertiary/aromatic N) is 6. The van der Waals surface area contributed by atoms with Gasteiger partial charge in [-0.2, -0.15) is 10.2 Å². The first-order valence-electron chi connectivity index (χ1n) is 15.6. The largest absolute Gasteiger partial charge is 0.497 e. The van der Waals surface area contributed by atoms with Crippen LogP contribution in [0.15, 0.2) is 55.1 Å². The van der Waals surface area contributed by atoms with Gasteiger partial charge in [0.25, 0.3) is 0 Å². The lowest BCUT2D eigenvalue weighted by Crippen LogP contribution is -2.53. The molecule has 2 aromatic heterocycles. The molecule has 2 aliphatic carbocycles. The summed E-state index contributed by atoms with van der Waals surface area (Å²) in [7, 11) is 8.02. The third-order valence-electron chi connectivity index (χ3n) is 12.1. The van der Waals surface area contributed by atoms with E-state index in [-0.39, 0.29) is 22.4 Å². The molecular weight excluding hydrogens is 548 g/mol. The van der Waals surface area contributed by atoms with Gasteiger partial charge in [0.05, 0.1) is 37.0 Å². The highest BCUT2D eigenvalue weighted by Crippen LogP contribution is 2.73. The van der Waals surface area contributed by atoms with Crippen molar-refractivity contribution in [1.29, 1.82) is 0 Å². The Balaban J connectivity index is 1.36. The quantitative estimate of drug-likeness (QED) is 0.271. The van der Waals surface area contributed by atoms with Crippen LogP contribution < -0.4 is 19.3 Å². The zero-order chi connectivity index (χ0) is 30.9. The van der Waals surface area contributed by atoms with Gasteiger partial charge in [0, 0.05) is 41.7 Å². The van der Waals surface area contributed by atoms with Crippen LogP contribution in [0.25, 0.3) is 16.9 Å². The molecule has 0 amide bonds. The Bertz CT molecular complexity index is 1840. The van der Waals surface area contributed by atoms with Gasteiger partial charge in [0.15, 0.2) is 0 Å². The lowest BCUT2D eigenvalue weighted by atomic mass is 9.64. The minimum absolute atomic E-state index is 0.0559. The van der Waals surface area contributed by atoms with E-state index in [2.05, 4.69) is 85.2 Å². The number of aromatic nitrogens is 4. The summed E-state index contributed by atoms with van der Waals surface area (Å²) in [5.41, 5.74) is 7.71. The number of rotatable bonds is 4. The van der Waals surface area contributed by atoms with Gasteiger partial charge >= 0.3 is 0 Å². The summed E-state index contributed by atoms with van der Waals surface area (Å²) in [6.45, 7) is 14.2. The second kappa shape index (κ2) is 8.71. The smallest absolute Gasteiger partial charge is 0.140 e. The van der Waals surface area contributed by atoms with Crippen LogP contribution in [0.1, 0.15) is 55.6 Å². The Labute approximate surface area is 259 Å². The Hall–Kier alpha value is -4.20. The van der Waals surface area contributed by atoms with E-state index >= 15 is 0 Å². The summed E-state index contributed by atoms with van der Waals surface area (Å²) in [4.78, 5) is 5.17. The molecule has 2 fully saturated rings. The Morgan fingerprint density at radius 3 is 1.89 bits per heavy atom. The molecule has 3 unspecified atom stereocenters. The summed E-state index contributed by atoms with van der Waals surface area (Å²) >= 11 is 0. The number of fused-ring (bicyclic) bond motifs is 6. The first-order valence-corrected chi connectivity index (χ1v) is 15.6. The van der Waals surface area contributed by atoms with Crippen LogP contribution in [0.2, 0.25) is 0 Å². The molecule has 0 radical (unpaired) electrons. The molecule has 1 spiro atoms. The number of allylic oxidation sites excluding steroid dienone is 1. The number of aryl methyl sites for hydroxylation is 2. The van der Waals surface area contributed by atoms with Crippen molar-refractivity contribution in [1.82, 2.24) is 19.6 Å². The van der Waals surface area contributed by atoms with Gasteiger partial charge in [-0.05, 0) is 106 Å². The van der Waals surface area contributed by atoms with Crippen LogP contribution in [0.3, 0.4) is 0 Å². The summed E-state index contributed by atoms with van der Waals surface area (Å²) in [5.74, 6) is 4.72. The van der Waals surface area contributed by atoms with E-state index < -0.39 is 0 Å². The molecule has 5 atom stereocenters. The van der Waals surface area contributed by atoms with Crippen LogP contribution in [0.5, 0.6) is 11.5 Å². The molecule has 4 aromatic rings. The normalized spacial score (nSPS) is 29.8. The molecular formula is C36H42N6O2. The van der Waals surface area contributed by atoms with E-state index in [0.29, 0.717) is 5.92 Å². The first kappa shape index (κ1) is 27.4. The number of hydrogen-bond donors (Lipinski definition) is 0. The fourth-order valence-electron chi connectivity index (χ4n) is 9.96. The minimum Gasteiger partial charge on any atom is -0.497 e. The van der Waals surface area contributed by atoms with Crippen molar-refractivity contribution < 1.29 is 9.47 Å². The Morgan fingerprint density at radius 1 is 0.773 bits per heavy atom. The van der Waals surface area contributed by atoms with Gasteiger partial charge in [-0.25, -0.2) is 9.36 Å². The number of benzene rings is 2. The molecule has 8 heteroatoms. The zero-order valence-corrected chi connectivity index (χ0v) is 27.1. The summed E-state index contributed by atoms with van der Waals surface area (Å²) in [6, 6.07) is 16.5. The van der Waals surface area contributed by atoms with Gasteiger partial charge in [0.1, 0.15) is 23.1 Å². The van der Waals surface area contributed by atoms with Crippen LogP contribution in [0.4, 0.5) is 11.6 Å². The number of hydrogen-bond acceptors (Lipinski definition) is 6. The first-order chi connectivity index (χ1) is 21.0. The topological polar surface area (TPSA) is 60.6 Å². The van der Waals surface area contributed by atoms with Crippen molar-refractivity contribution >= 4 is 17.2 Å². The van der Waals surface area contributed by atoms with Gasteiger partial charge in [-0.3, -0.25) is 0 Å². The van der Waals surface area contributed by atoms with Crippen molar-refractivity contribution in [2.45, 2.75) is 63.5 Å². The van der Waals surface area contributed by atoms with Gasteiger partial charge in [-0.15, -0.1) is 0 Å². The van der Waals surface area contributed by atoms with Crippen LogP contribution in [-0.4, -0.2) is 59.0 Å². The maximum Gasteiger partial charge on any atom is 0.140 e. The Morgan fingerprint density at radius 2 is 1.32 bits per heavy atom. The SMILES string of the molecule is C=C1c2c(C)nn(-c3ccc(OC)cc3)c2N(C)C23C[C@@H]1C1(C)c4c(C)nn(-c5ccc(OC)cc5)c4N(C)C(C)(C[C@H]12)C3. The highest BCUT2D eigenvalue weighted by atomic mass is 16.5. The van der Waals surface area contributed by atoms with E-state index in [9.17, 15) is 0 Å². The van der Waals surface area contributed by atoms with Gasteiger partial charge in [0.2, 0.25) is 0 Å². The minimum atomic E-state index is -0.148. The fraction of sp³-hybridized carbons (Fsp3) is 0.444. The molecule has 0 saturated heterocycles. The van der Waals surface area contributed by atoms with Crippen LogP contribution in [0, 0.1) is 25.7 Å². The van der Waals surface area contributed by atoms with E-state index in [1.54, 1.807) is 14.2 Å². The molecule has 2 saturated carbocycles. The number of methoxy groups -OCH3 is 2. The monoisotopic (exact) mass is 590 g/mol. The van der Waals surface area contributed by atoms with Gasteiger partial charge < -0.3 is 19.3 Å². The molecule has 44 heavy (non-hydrogen) atoms. The van der Waals surface area contributed by atoms with Crippen molar-refractivity contribution in [2.75, 3.05) is 38.1 Å². The molecule has 8 rings (SSSR count). The highest BCUT2D eigenvalue weighted by Gasteiger charge is 2.73. The highest BCUT2D eigenvalue weighted by molar-refractivity contribution is 5.83. The van der Waals surface area contributed by atoms with Crippen LogP contribution >= 0.6 is 0 Å². The van der Waals surface area contributed by atoms with E-state index in [0.717, 1.165) is 59.3 Å². The van der Waals surface area contributed by atoms with Crippen molar-refractivity contribution in [2.24, 2.45) is 11.8 Å². The third kappa shape index (κ3) is 3.13. The van der Waals surface area contributed by atoms with Crippen LogP contribution in [-0.2, 0) is 5.41 Å². The standard InChI is InChI=1S/C36H42N6O2/c1-21-28-18-36(40(7)32-30(21)22(2)37-41(32)24-10-14-26(43-8)15-11-24)20-34(4)19-29(36)35(28,5)31-23(3)38-42(33(31)39(34)6)25-12-16-27(44-9)17-13-25/h10-17,28-29H,1,18-20H2,2-9H3/t28-,29+,34?,35?,36?/m0/s1. The molecule has 8 nitrogen and oxygen atoms in total. The fourth-order valence-corrected chi connectivity index (χ4v) is 9.96. The molecule has 2 aliphatic heterocycles. The predicted octanol–water partition coefficient (Wildman–Crippen LogP) is 6.49. The summed E-state index contributed by atoms with van der Waals surface area (Å²) in [6.07, 6.45) is 3.22. The van der Waals surface area contributed by atoms with Crippen molar-refractivity contribution in [3.8, 4) is 22.9 Å².